The first kappa shape index (κ1) is 16.3. The number of aryl methyl sites for hydroxylation is 1. The number of benzene rings is 1. The van der Waals surface area contributed by atoms with Crippen LogP contribution in [0.25, 0.3) is 0 Å². The molecule has 1 saturated heterocycles. The number of nitrogens with zero attached hydrogens (tertiary/aromatic N) is 2. The molecule has 1 aliphatic rings. The second kappa shape index (κ2) is 7.78. The van der Waals surface area contributed by atoms with Crippen LogP contribution in [0.15, 0.2) is 18.2 Å². The molecular formula is C16H24ClN3O. The molecule has 4 nitrogen and oxygen atoms in total. The molecule has 1 aromatic rings. The molecule has 0 atom stereocenters. The van der Waals surface area contributed by atoms with Gasteiger partial charge in [0.1, 0.15) is 0 Å². The molecule has 2 rings (SSSR count). The number of amides is 1. The molecule has 1 N–H and O–H groups in total. The molecule has 0 saturated carbocycles. The summed E-state index contributed by atoms with van der Waals surface area (Å²) in [5.41, 5.74) is 1.70. The number of carbonyl (C=O) groups excluding carboxylic acids is 1. The van der Waals surface area contributed by atoms with Gasteiger partial charge in [-0.05, 0) is 51.5 Å². The van der Waals surface area contributed by atoms with E-state index >= 15 is 0 Å². The standard InChI is InChI=1S/C16H24ClN3O/c1-13-6-5-7-14(17)16(13)18-15(21)12-19(2)10-11-20-8-3-4-9-20/h5-7H,3-4,8-12H2,1-2H3,(H,18,21). The second-order valence-corrected chi connectivity index (χ2v) is 6.17. The summed E-state index contributed by atoms with van der Waals surface area (Å²) in [4.78, 5) is 16.6. The highest BCUT2D eigenvalue weighted by Gasteiger charge is 2.14. The van der Waals surface area contributed by atoms with Gasteiger partial charge < -0.3 is 10.2 Å². The van der Waals surface area contributed by atoms with E-state index in [0.29, 0.717) is 11.6 Å². The number of likely N-dealkylation sites (N-methyl/N-ethyl adjacent to an activating group) is 1. The lowest BCUT2D eigenvalue weighted by Gasteiger charge is -2.21. The van der Waals surface area contributed by atoms with Crippen molar-refractivity contribution >= 4 is 23.2 Å². The van der Waals surface area contributed by atoms with Crippen molar-refractivity contribution in [1.82, 2.24) is 9.80 Å². The number of halogens is 1. The van der Waals surface area contributed by atoms with Crippen LogP contribution < -0.4 is 5.32 Å². The van der Waals surface area contributed by atoms with Gasteiger partial charge in [-0.25, -0.2) is 0 Å². The zero-order valence-corrected chi connectivity index (χ0v) is 13.6. The van der Waals surface area contributed by atoms with Gasteiger partial charge in [0, 0.05) is 13.1 Å². The molecule has 1 heterocycles. The van der Waals surface area contributed by atoms with Crippen molar-refractivity contribution in [2.24, 2.45) is 0 Å². The Morgan fingerprint density at radius 3 is 2.76 bits per heavy atom. The average molecular weight is 310 g/mol. The quantitative estimate of drug-likeness (QED) is 0.877. The van der Waals surface area contributed by atoms with E-state index in [1.165, 1.54) is 25.9 Å². The van der Waals surface area contributed by atoms with Crippen molar-refractivity contribution in [2.45, 2.75) is 19.8 Å². The number of hydrogen-bond donors (Lipinski definition) is 1. The third-order valence-corrected chi connectivity index (χ3v) is 4.21. The predicted octanol–water partition coefficient (Wildman–Crippen LogP) is 2.61. The number of rotatable bonds is 6. The number of hydrogen-bond acceptors (Lipinski definition) is 3. The molecule has 0 bridgehead atoms. The Balaban J connectivity index is 1.78. The maximum Gasteiger partial charge on any atom is 0.238 e. The topological polar surface area (TPSA) is 35.6 Å². The fraction of sp³-hybridized carbons (Fsp3) is 0.562. The third kappa shape index (κ3) is 4.99. The Morgan fingerprint density at radius 1 is 1.38 bits per heavy atom. The van der Waals surface area contributed by atoms with Crippen molar-refractivity contribution in [3.05, 3.63) is 28.8 Å². The zero-order chi connectivity index (χ0) is 15.2. The molecule has 116 valence electrons. The molecule has 1 aliphatic heterocycles. The maximum absolute atomic E-state index is 12.1. The monoisotopic (exact) mass is 309 g/mol. The van der Waals surface area contributed by atoms with Crippen LogP contribution in [0, 0.1) is 6.92 Å². The van der Waals surface area contributed by atoms with Crippen molar-refractivity contribution in [3.63, 3.8) is 0 Å². The average Bonchev–Trinajstić information content (AvgIpc) is 2.94. The SMILES string of the molecule is Cc1cccc(Cl)c1NC(=O)CN(C)CCN1CCCC1. The smallest absolute Gasteiger partial charge is 0.238 e. The molecular weight excluding hydrogens is 286 g/mol. The molecule has 0 aliphatic carbocycles. The van der Waals surface area contributed by atoms with Crippen molar-refractivity contribution in [2.75, 3.05) is 45.1 Å². The van der Waals surface area contributed by atoms with Gasteiger partial charge in [0.15, 0.2) is 0 Å². The van der Waals surface area contributed by atoms with Crippen molar-refractivity contribution in [1.29, 1.82) is 0 Å². The fourth-order valence-electron chi connectivity index (χ4n) is 2.61. The molecule has 0 aromatic heterocycles. The van der Waals surface area contributed by atoms with E-state index in [2.05, 4.69) is 15.1 Å². The lowest BCUT2D eigenvalue weighted by molar-refractivity contribution is -0.117. The summed E-state index contributed by atoms with van der Waals surface area (Å²) in [5, 5.41) is 3.50. The summed E-state index contributed by atoms with van der Waals surface area (Å²) in [6.07, 6.45) is 2.60. The van der Waals surface area contributed by atoms with Crippen LogP contribution in [0.2, 0.25) is 5.02 Å². The first-order valence-corrected chi connectivity index (χ1v) is 7.90. The van der Waals surface area contributed by atoms with Crippen LogP contribution >= 0.6 is 11.6 Å². The van der Waals surface area contributed by atoms with Crippen LogP contribution in [-0.2, 0) is 4.79 Å². The van der Waals surface area contributed by atoms with E-state index < -0.39 is 0 Å². The minimum absolute atomic E-state index is 0.0184. The Kier molecular flexibility index (Phi) is 6.03. The summed E-state index contributed by atoms with van der Waals surface area (Å²) < 4.78 is 0. The molecule has 1 amide bonds. The first-order chi connectivity index (χ1) is 10.1. The summed E-state index contributed by atoms with van der Waals surface area (Å²) in [6.45, 7) is 6.67. The minimum Gasteiger partial charge on any atom is -0.323 e. The van der Waals surface area contributed by atoms with Gasteiger partial charge in [0.05, 0.1) is 17.3 Å². The number of nitrogens with one attached hydrogen (secondary N) is 1. The van der Waals surface area contributed by atoms with Crippen LogP contribution in [0.1, 0.15) is 18.4 Å². The Labute approximate surface area is 132 Å². The predicted molar refractivity (Wildman–Crippen MR) is 88.0 cm³/mol. The van der Waals surface area contributed by atoms with E-state index in [1.807, 2.05) is 26.1 Å². The Hall–Kier alpha value is -1.10. The highest BCUT2D eigenvalue weighted by Crippen LogP contribution is 2.25. The van der Waals surface area contributed by atoms with Gasteiger partial charge >= 0.3 is 0 Å². The molecule has 1 fully saturated rings. The molecule has 0 unspecified atom stereocenters. The number of carbonyl (C=O) groups is 1. The normalized spacial score (nSPS) is 15.6. The van der Waals surface area contributed by atoms with Gasteiger partial charge in [-0.15, -0.1) is 0 Å². The summed E-state index contributed by atoms with van der Waals surface area (Å²) in [7, 11) is 1.98. The van der Waals surface area contributed by atoms with Crippen LogP contribution in [0.3, 0.4) is 0 Å². The summed E-state index contributed by atoms with van der Waals surface area (Å²) >= 11 is 6.12. The number of likely N-dealkylation sites (tertiary alicyclic amines) is 1. The maximum atomic E-state index is 12.1. The van der Waals surface area contributed by atoms with Gasteiger partial charge in [0.25, 0.3) is 0 Å². The minimum atomic E-state index is -0.0184. The van der Waals surface area contributed by atoms with Gasteiger partial charge in [-0.3, -0.25) is 9.69 Å². The Morgan fingerprint density at radius 2 is 2.10 bits per heavy atom. The molecule has 21 heavy (non-hydrogen) atoms. The number of anilines is 1. The lowest BCUT2D eigenvalue weighted by atomic mass is 10.2. The summed E-state index contributed by atoms with van der Waals surface area (Å²) in [6, 6.07) is 5.62. The zero-order valence-electron chi connectivity index (χ0n) is 12.9. The third-order valence-electron chi connectivity index (χ3n) is 3.90. The first-order valence-electron chi connectivity index (χ1n) is 7.52. The molecule has 0 radical (unpaired) electrons. The van der Waals surface area contributed by atoms with E-state index in [-0.39, 0.29) is 5.91 Å². The van der Waals surface area contributed by atoms with Gasteiger partial charge in [-0.2, -0.15) is 0 Å². The Bertz CT molecular complexity index is 466. The molecule has 1 aromatic carbocycles. The van der Waals surface area contributed by atoms with Crippen LogP contribution in [0.5, 0.6) is 0 Å². The van der Waals surface area contributed by atoms with Crippen LogP contribution in [0.4, 0.5) is 5.69 Å². The summed E-state index contributed by atoms with van der Waals surface area (Å²) in [5.74, 6) is -0.0184. The van der Waals surface area contributed by atoms with Gasteiger partial charge in [0.2, 0.25) is 5.91 Å². The largest absolute Gasteiger partial charge is 0.323 e. The highest BCUT2D eigenvalue weighted by atomic mass is 35.5. The lowest BCUT2D eigenvalue weighted by Crippen LogP contribution is -2.36. The molecule has 0 spiro atoms. The van der Waals surface area contributed by atoms with Crippen molar-refractivity contribution in [3.8, 4) is 0 Å². The van der Waals surface area contributed by atoms with E-state index in [1.54, 1.807) is 6.07 Å². The van der Waals surface area contributed by atoms with Crippen molar-refractivity contribution < 1.29 is 4.79 Å². The van der Waals surface area contributed by atoms with Crippen LogP contribution in [-0.4, -0.2) is 55.5 Å². The second-order valence-electron chi connectivity index (χ2n) is 5.77. The number of para-hydroxylation sites is 1. The van der Waals surface area contributed by atoms with E-state index in [9.17, 15) is 4.79 Å². The molecule has 5 heteroatoms. The fourth-order valence-corrected chi connectivity index (χ4v) is 2.88. The highest BCUT2D eigenvalue weighted by molar-refractivity contribution is 6.33. The van der Waals surface area contributed by atoms with E-state index in [0.717, 1.165) is 24.3 Å². The van der Waals surface area contributed by atoms with E-state index in [4.69, 9.17) is 11.6 Å². The van der Waals surface area contributed by atoms with Gasteiger partial charge in [-0.1, -0.05) is 23.7 Å².